The quantitative estimate of drug-likeness (QED) is 0.785. The average molecular weight is 327 g/mol. The fourth-order valence-electron chi connectivity index (χ4n) is 2.47. The van der Waals surface area contributed by atoms with Crippen LogP contribution in [0, 0.1) is 13.8 Å². The van der Waals surface area contributed by atoms with Crippen LogP contribution in [0.1, 0.15) is 43.0 Å². The molecule has 3 heteroatoms. The van der Waals surface area contributed by atoms with E-state index < -0.39 is 0 Å². The monoisotopic (exact) mass is 327 g/mol. The molecule has 0 aliphatic carbocycles. The Morgan fingerprint density at radius 2 is 1.65 bits per heavy atom. The number of anilines is 1. The van der Waals surface area contributed by atoms with E-state index in [0.29, 0.717) is 6.42 Å². The number of nitrogens with zero attached hydrogens (tertiary/aromatic N) is 1. The summed E-state index contributed by atoms with van der Waals surface area (Å²) >= 11 is 4.41. The summed E-state index contributed by atoms with van der Waals surface area (Å²) in [6.45, 7) is 10.6. The summed E-state index contributed by atoms with van der Waals surface area (Å²) in [4.78, 5) is 12.5. The summed E-state index contributed by atoms with van der Waals surface area (Å²) in [5.74, 6) is -0.0226. The second-order valence-corrected chi connectivity index (χ2v) is 7.45. The Morgan fingerprint density at radius 3 is 2.22 bits per heavy atom. The highest BCUT2D eigenvalue weighted by Gasteiger charge is 2.17. The molecule has 1 amide bonds. The van der Waals surface area contributed by atoms with Gasteiger partial charge in [-0.25, -0.2) is 0 Å². The van der Waals surface area contributed by atoms with Gasteiger partial charge in [0, 0.05) is 0 Å². The molecule has 0 heterocycles. The third-order valence-corrected chi connectivity index (χ3v) is 4.65. The van der Waals surface area contributed by atoms with E-state index in [1.165, 1.54) is 9.87 Å². The molecule has 0 radical (unpaired) electrons. The van der Waals surface area contributed by atoms with Gasteiger partial charge in [0.1, 0.15) is 0 Å². The van der Waals surface area contributed by atoms with E-state index in [0.717, 1.165) is 22.4 Å². The number of hydrogen-bond acceptors (Lipinski definition) is 2. The SMILES string of the molecule is Cc1cccc(N(S)C(=O)Cc2ccc(C(C)(C)C)cc2)c1C. The lowest BCUT2D eigenvalue weighted by molar-refractivity contribution is -0.116. The molecule has 0 atom stereocenters. The first-order valence-corrected chi connectivity index (χ1v) is 8.27. The Labute approximate surface area is 145 Å². The molecule has 0 N–H and O–H groups in total. The molecule has 0 saturated heterocycles. The van der Waals surface area contributed by atoms with E-state index in [2.05, 4.69) is 45.7 Å². The van der Waals surface area contributed by atoms with E-state index in [9.17, 15) is 4.79 Å². The maximum absolute atomic E-state index is 12.5. The van der Waals surface area contributed by atoms with Gasteiger partial charge in [0.2, 0.25) is 5.91 Å². The molecule has 0 fully saturated rings. The molecular formula is C20H25NOS. The predicted molar refractivity (Wildman–Crippen MR) is 101 cm³/mol. The van der Waals surface area contributed by atoms with Crippen LogP contribution in [0.2, 0.25) is 0 Å². The summed E-state index contributed by atoms with van der Waals surface area (Å²) in [5.41, 5.74) is 5.49. The summed E-state index contributed by atoms with van der Waals surface area (Å²) in [5, 5.41) is 0. The molecule has 0 unspecified atom stereocenters. The van der Waals surface area contributed by atoms with Crippen LogP contribution in [0.25, 0.3) is 0 Å². The number of amides is 1. The number of thiol groups is 1. The first kappa shape index (κ1) is 17.6. The molecule has 2 aromatic carbocycles. The van der Waals surface area contributed by atoms with E-state index in [1.807, 2.05) is 44.2 Å². The standard InChI is InChI=1S/C20H25NOS/c1-14-7-6-8-18(15(14)2)21(23)19(22)13-16-9-11-17(12-10-16)20(3,4)5/h6-12,23H,13H2,1-5H3. The second-order valence-electron chi connectivity index (χ2n) is 7.05. The smallest absolute Gasteiger partial charge is 0.241 e. The van der Waals surface area contributed by atoms with Crippen molar-refractivity contribution in [1.29, 1.82) is 0 Å². The minimum absolute atomic E-state index is 0.0226. The van der Waals surface area contributed by atoms with Crippen molar-refractivity contribution in [2.24, 2.45) is 0 Å². The van der Waals surface area contributed by atoms with Gasteiger partial charge in [0.25, 0.3) is 0 Å². The van der Waals surface area contributed by atoms with Gasteiger partial charge in [-0.05, 0) is 47.6 Å². The van der Waals surface area contributed by atoms with Crippen LogP contribution in [0.4, 0.5) is 5.69 Å². The second kappa shape index (κ2) is 6.79. The Morgan fingerprint density at radius 1 is 1.04 bits per heavy atom. The Kier molecular flexibility index (Phi) is 5.20. The van der Waals surface area contributed by atoms with Gasteiger partial charge >= 0.3 is 0 Å². The Bertz CT molecular complexity index is 699. The summed E-state index contributed by atoms with van der Waals surface area (Å²) in [6, 6.07) is 14.2. The van der Waals surface area contributed by atoms with Gasteiger partial charge in [-0.15, -0.1) is 0 Å². The van der Waals surface area contributed by atoms with Gasteiger partial charge in [-0.3, -0.25) is 9.10 Å². The minimum atomic E-state index is -0.0226. The van der Waals surface area contributed by atoms with Crippen LogP contribution in [-0.2, 0) is 16.6 Å². The number of aryl methyl sites for hydroxylation is 1. The van der Waals surface area contributed by atoms with Crippen LogP contribution in [0.3, 0.4) is 0 Å². The molecule has 122 valence electrons. The molecule has 0 spiro atoms. The van der Waals surface area contributed by atoms with Crippen LogP contribution >= 0.6 is 12.8 Å². The Hall–Kier alpha value is -1.74. The largest absolute Gasteiger partial charge is 0.273 e. The summed E-state index contributed by atoms with van der Waals surface area (Å²) in [6.07, 6.45) is 0.349. The highest BCUT2D eigenvalue weighted by Crippen LogP contribution is 2.26. The first-order valence-electron chi connectivity index (χ1n) is 7.87. The number of hydrogen-bond donors (Lipinski definition) is 1. The van der Waals surface area contributed by atoms with Crippen molar-refractivity contribution < 1.29 is 4.79 Å². The van der Waals surface area contributed by atoms with Crippen molar-refractivity contribution in [3.05, 3.63) is 64.7 Å². The molecule has 2 aromatic rings. The van der Waals surface area contributed by atoms with Gasteiger partial charge in [0.05, 0.1) is 12.1 Å². The Balaban J connectivity index is 2.14. The van der Waals surface area contributed by atoms with E-state index >= 15 is 0 Å². The number of benzene rings is 2. The van der Waals surface area contributed by atoms with E-state index in [4.69, 9.17) is 0 Å². The van der Waals surface area contributed by atoms with E-state index in [-0.39, 0.29) is 11.3 Å². The zero-order chi connectivity index (χ0) is 17.2. The number of carbonyl (C=O) groups excluding carboxylic acids is 1. The van der Waals surface area contributed by atoms with Crippen molar-refractivity contribution in [2.45, 2.75) is 46.5 Å². The number of rotatable bonds is 3. The molecule has 2 nitrogen and oxygen atoms in total. The minimum Gasteiger partial charge on any atom is -0.273 e. The summed E-state index contributed by atoms with van der Waals surface area (Å²) < 4.78 is 1.46. The van der Waals surface area contributed by atoms with Crippen molar-refractivity contribution in [3.63, 3.8) is 0 Å². The zero-order valence-corrected chi connectivity index (χ0v) is 15.4. The third kappa shape index (κ3) is 4.17. The average Bonchev–Trinajstić information content (AvgIpc) is 2.49. The van der Waals surface area contributed by atoms with Crippen molar-refractivity contribution in [3.8, 4) is 0 Å². The highest BCUT2D eigenvalue weighted by atomic mass is 32.1. The molecule has 0 saturated carbocycles. The van der Waals surface area contributed by atoms with Crippen molar-refractivity contribution >= 4 is 24.4 Å². The van der Waals surface area contributed by atoms with Crippen LogP contribution in [0.5, 0.6) is 0 Å². The first-order chi connectivity index (χ1) is 10.7. The van der Waals surface area contributed by atoms with E-state index in [1.54, 1.807) is 0 Å². The molecular weight excluding hydrogens is 302 g/mol. The fraction of sp³-hybridized carbons (Fsp3) is 0.350. The number of carbonyl (C=O) groups is 1. The topological polar surface area (TPSA) is 20.3 Å². The predicted octanol–water partition coefficient (Wildman–Crippen LogP) is 5.02. The van der Waals surface area contributed by atoms with Crippen LogP contribution in [0.15, 0.2) is 42.5 Å². The maximum atomic E-state index is 12.5. The summed E-state index contributed by atoms with van der Waals surface area (Å²) in [7, 11) is 0. The molecule has 2 rings (SSSR count). The molecule has 0 aliphatic heterocycles. The third-order valence-electron chi connectivity index (χ3n) is 4.22. The fourth-order valence-corrected chi connectivity index (χ4v) is 2.76. The van der Waals surface area contributed by atoms with Gasteiger partial charge in [0.15, 0.2) is 0 Å². The van der Waals surface area contributed by atoms with Crippen molar-refractivity contribution in [1.82, 2.24) is 0 Å². The van der Waals surface area contributed by atoms with Gasteiger partial charge in [-0.2, -0.15) is 0 Å². The zero-order valence-electron chi connectivity index (χ0n) is 14.6. The molecule has 0 bridgehead atoms. The van der Waals surface area contributed by atoms with Gasteiger partial charge < -0.3 is 0 Å². The lowest BCUT2D eigenvalue weighted by Gasteiger charge is -2.20. The van der Waals surface area contributed by atoms with Gasteiger partial charge in [-0.1, -0.05) is 70.0 Å². The van der Waals surface area contributed by atoms with Crippen LogP contribution in [-0.4, -0.2) is 5.91 Å². The molecule has 23 heavy (non-hydrogen) atoms. The lowest BCUT2D eigenvalue weighted by atomic mass is 9.86. The molecule has 0 aromatic heterocycles. The highest BCUT2D eigenvalue weighted by molar-refractivity contribution is 7.82. The van der Waals surface area contributed by atoms with Crippen molar-refractivity contribution in [2.75, 3.05) is 4.31 Å². The normalized spacial score (nSPS) is 11.4. The van der Waals surface area contributed by atoms with Crippen LogP contribution < -0.4 is 4.31 Å². The maximum Gasteiger partial charge on any atom is 0.241 e. The lowest BCUT2D eigenvalue weighted by Crippen LogP contribution is -2.23. The molecule has 0 aliphatic rings.